The standard InChI is InChI=1S/C13H20N2O2/c1-10(8-11(2)16)9-14-13(17)15-12-6-4-3-5-7-12/h3-7,10-11,16H,8-9H2,1-2H3,(H2,14,15,17). The van der Waals surface area contributed by atoms with E-state index in [-0.39, 0.29) is 18.1 Å². The summed E-state index contributed by atoms with van der Waals surface area (Å²) in [6.45, 7) is 4.31. The molecule has 2 unspecified atom stereocenters. The van der Waals surface area contributed by atoms with Gasteiger partial charge in [0, 0.05) is 12.2 Å². The molecule has 0 aromatic heterocycles. The van der Waals surface area contributed by atoms with Gasteiger partial charge in [0.05, 0.1) is 6.10 Å². The minimum absolute atomic E-state index is 0.214. The number of anilines is 1. The van der Waals surface area contributed by atoms with Crippen LogP contribution in [0.4, 0.5) is 10.5 Å². The summed E-state index contributed by atoms with van der Waals surface area (Å²) in [5.74, 6) is 0.261. The topological polar surface area (TPSA) is 61.4 Å². The van der Waals surface area contributed by atoms with Crippen molar-refractivity contribution < 1.29 is 9.90 Å². The zero-order valence-corrected chi connectivity index (χ0v) is 10.3. The quantitative estimate of drug-likeness (QED) is 0.734. The van der Waals surface area contributed by atoms with E-state index in [2.05, 4.69) is 10.6 Å². The van der Waals surface area contributed by atoms with Crippen LogP contribution in [0.5, 0.6) is 0 Å². The zero-order chi connectivity index (χ0) is 12.7. The number of carbonyl (C=O) groups excluding carboxylic acids is 1. The van der Waals surface area contributed by atoms with E-state index in [1.807, 2.05) is 37.3 Å². The molecule has 0 bridgehead atoms. The first-order valence-electron chi connectivity index (χ1n) is 5.86. The predicted octanol–water partition coefficient (Wildman–Crippen LogP) is 2.22. The highest BCUT2D eigenvalue weighted by atomic mass is 16.3. The van der Waals surface area contributed by atoms with E-state index in [9.17, 15) is 9.90 Å². The Labute approximate surface area is 102 Å². The fourth-order valence-corrected chi connectivity index (χ4v) is 1.63. The Morgan fingerprint density at radius 3 is 2.53 bits per heavy atom. The molecule has 94 valence electrons. The number of para-hydroxylation sites is 1. The molecular formula is C13H20N2O2. The molecule has 4 nitrogen and oxygen atoms in total. The molecule has 3 N–H and O–H groups in total. The van der Waals surface area contributed by atoms with Crippen LogP contribution in [0.3, 0.4) is 0 Å². The predicted molar refractivity (Wildman–Crippen MR) is 68.9 cm³/mol. The van der Waals surface area contributed by atoms with Crippen LogP contribution in [0.1, 0.15) is 20.3 Å². The lowest BCUT2D eigenvalue weighted by Crippen LogP contribution is -2.33. The number of nitrogens with one attached hydrogen (secondary N) is 2. The lowest BCUT2D eigenvalue weighted by molar-refractivity contribution is 0.163. The Balaban J connectivity index is 2.26. The SMILES string of the molecule is CC(O)CC(C)CNC(=O)Nc1ccccc1. The summed E-state index contributed by atoms with van der Waals surface area (Å²) in [7, 11) is 0. The Morgan fingerprint density at radius 2 is 1.94 bits per heavy atom. The first-order chi connectivity index (χ1) is 8.08. The van der Waals surface area contributed by atoms with Crippen molar-refractivity contribution in [2.75, 3.05) is 11.9 Å². The molecular weight excluding hydrogens is 216 g/mol. The van der Waals surface area contributed by atoms with E-state index in [1.54, 1.807) is 6.92 Å². The molecule has 1 aromatic carbocycles. The third-order valence-electron chi connectivity index (χ3n) is 2.39. The molecule has 0 aliphatic carbocycles. The highest BCUT2D eigenvalue weighted by molar-refractivity contribution is 5.89. The number of urea groups is 1. The lowest BCUT2D eigenvalue weighted by atomic mass is 10.1. The molecule has 0 fully saturated rings. The van der Waals surface area contributed by atoms with Gasteiger partial charge in [-0.25, -0.2) is 4.79 Å². The molecule has 0 saturated carbocycles. The number of hydrogen-bond donors (Lipinski definition) is 3. The number of rotatable bonds is 5. The van der Waals surface area contributed by atoms with Gasteiger partial charge in [-0.3, -0.25) is 0 Å². The molecule has 0 spiro atoms. The Bertz CT molecular complexity index is 339. The van der Waals surface area contributed by atoms with Crippen molar-refractivity contribution in [3.05, 3.63) is 30.3 Å². The van der Waals surface area contributed by atoms with Crippen molar-refractivity contribution in [2.45, 2.75) is 26.4 Å². The zero-order valence-electron chi connectivity index (χ0n) is 10.3. The van der Waals surface area contributed by atoms with Crippen molar-refractivity contribution in [1.82, 2.24) is 5.32 Å². The Kier molecular flexibility index (Phi) is 5.49. The van der Waals surface area contributed by atoms with E-state index in [0.717, 1.165) is 5.69 Å². The number of aliphatic hydroxyl groups is 1. The van der Waals surface area contributed by atoms with Crippen LogP contribution >= 0.6 is 0 Å². The van der Waals surface area contributed by atoms with Crippen molar-refractivity contribution in [1.29, 1.82) is 0 Å². The lowest BCUT2D eigenvalue weighted by Gasteiger charge is -2.14. The van der Waals surface area contributed by atoms with E-state index in [4.69, 9.17) is 0 Å². The van der Waals surface area contributed by atoms with Gasteiger partial charge in [-0.15, -0.1) is 0 Å². The monoisotopic (exact) mass is 236 g/mol. The highest BCUT2D eigenvalue weighted by Crippen LogP contribution is 2.06. The second-order valence-electron chi connectivity index (χ2n) is 4.39. The molecule has 1 aromatic rings. The van der Waals surface area contributed by atoms with E-state index in [0.29, 0.717) is 13.0 Å². The fourth-order valence-electron chi connectivity index (χ4n) is 1.63. The molecule has 1 rings (SSSR count). The maximum atomic E-state index is 11.5. The first kappa shape index (κ1) is 13.5. The van der Waals surface area contributed by atoms with Gasteiger partial charge in [-0.1, -0.05) is 25.1 Å². The Hall–Kier alpha value is -1.55. The van der Waals surface area contributed by atoms with E-state index < -0.39 is 0 Å². The molecule has 2 amide bonds. The fraction of sp³-hybridized carbons (Fsp3) is 0.462. The summed E-state index contributed by atoms with van der Waals surface area (Å²) in [6, 6.07) is 9.08. The summed E-state index contributed by atoms with van der Waals surface area (Å²) in [6.07, 6.45) is 0.356. The van der Waals surface area contributed by atoms with Gasteiger partial charge in [-0.05, 0) is 31.4 Å². The summed E-state index contributed by atoms with van der Waals surface area (Å²) in [5, 5.41) is 14.7. The van der Waals surface area contributed by atoms with Gasteiger partial charge in [0.2, 0.25) is 0 Å². The smallest absolute Gasteiger partial charge is 0.319 e. The van der Waals surface area contributed by atoms with Gasteiger partial charge < -0.3 is 15.7 Å². The maximum Gasteiger partial charge on any atom is 0.319 e. The molecule has 0 aliphatic heterocycles. The number of hydrogen-bond acceptors (Lipinski definition) is 2. The summed E-state index contributed by atoms with van der Waals surface area (Å²) < 4.78 is 0. The van der Waals surface area contributed by atoms with Crippen molar-refractivity contribution in [2.24, 2.45) is 5.92 Å². The van der Waals surface area contributed by atoms with Crippen LogP contribution in [0.15, 0.2) is 30.3 Å². The summed E-state index contributed by atoms with van der Waals surface area (Å²) in [5.41, 5.74) is 0.771. The van der Waals surface area contributed by atoms with Gasteiger partial charge in [0.15, 0.2) is 0 Å². The second kappa shape index (κ2) is 6.91. The third-order valence-corrected chi connectivity index (χ3v) is 2.39. The van der Waals surface area contributed by atoms with Crippen LogP contribution in [-0.4, -0.2) is 23.8 Å². The van der Waals surface area contributed by atoms with Crippen LogP contribution in [0.25, 0.3) is 0 Å². The molecule has 0 heterocycles. The van der Waals surface area contributed by atoms with Crippen LogP contribution < -0.4 is 10.6 Å². The van der Waals surface area contributed by atoms with Gasteiger partial charge in [-0.2, -0.15) is 0 Å². The van der Waals surface area contributed by atoms with Crippen molar-refractivity contribution >= 4 is 11.7 Å². The Morgan fingerprint density at radius 1 is 1.29 bits per heavy atom. The van der Waals surface area contributed by atoms with Crippen LogP contribution in [0.2, 0.25) is 0 Å². The van der Waals surface area contributed by atoms with Crippen molar-refractivity contribution in [3.63, 3.8) is 0 Å². The van der Waals surface area contributed by atoms with E-state index in [1.165, 1.54) is 0 Å². The molecule has 2 atom stereocenters. The number of amides is 2. The number of benzene rings is 1. The average Bonchev–Trinajstić information content (AvgIpc) is 2.27. The number of carbonyl (C=O) groups is 1. The molecule has 17 heavy (non-hydrogen) atoms. The maximum absolute atomic E-state index is 11.5. The number of aliphatic hydroxyl groups excluding tert-OH is 1. The van der Waals surface area contributed by atoms with Crippen LogP contribution in [-0.2, 0) is 0 Å². The first-order valence-corrected chi connectivity index (χ1v) is 5.86. The molecule has 4 heteroatoms. The van der Waals surface area contributed by atoms with Gasteiger partial charge in [0.1, 0.15) is 0 Å². The highest BCUT2D eigenvalue weighted by Gasteiger charge is 2.08. The van der Waals surface area contributed by atoms with Crippen LogP contribution in [0, 0.1) is 5.92 Å². The minimum atomic E-state index is -0.330. The van der Waals surface area contributed by atoms with Crippen molar-refractivity contribution in [3.8, 4) is 0 Å². The molecule has 0 radical (unpaired) electrons. The third kappa shape index (κ3) is 5.92. The van der Waals surface area contributed by atoms with Gasteiger partial charge in [0.25, 0.3) is 0 Å². The molecule has 0 saturated heterocycles. The minimum Gasteiger partial charge on any atom is -0.393 e. The normalized spacial score (nSPS) is 13.8. The summed E-state index contributed by atoms with van der Waals surface area (Å²) in [4.78, 5) is 11.5. The summed E-state index contributed by atoms with van der Waals surface area (Å²) >= 11 is 0. The molecule has 0 aliphatic rings. The second-order valence-corrected chi connectivity index (χ2v) is 4.39. The average molecular weight is 236 g/mol. The van der Waals surface area contributed by atoms with E-state index >= 15 is 0 Å². The van der Waals surface area contributed by atoms with Gasteiger partial charge >= 0.3 is 6.03 Å². The largest absolute Gasteiger partial charge is 0.393 e.